The van der Waals surface area contributed by atoms with Gasteiger partial charge in [-0.15, -0.1) is 0 Å². The van der Waals surface area contributed by atoms with Crippen molar-refractivity contribution in [2.45, 2.75) is 51.0 Å². The number of hydrogen-bond acceptors (Lipinski definition) is 5. The predicted octanol–water partition coefficient (Wildman–Crippen LogP) is 0.892. The summed E-state index contributed by atoms with van der Waals surface area (Å²) in [5.74, 6) is -2.06. The number of ether oxygens (including phenoxy) is 1. The largest absolute Gasteiger partial charge is 0.480 e. The summed E-state index contributed by atoms with van der Waals surface area (Å²) in [6.45, 7) is 0. The molecule has 122 valence electrons. The molecule has 1 rings (SSSR count). The third-order valence-corrected chi connectivity index (χ3v) is 5.15. The maximum atomic E-state index is 11.9. The van der Waals surface area contributed by atoms with Gasteiger partial charge in [-0.1, -0.05) is 19.3 Å². The Kier molecular flexibility index (Phi) is 7.10. The summed E-state index contributed by atoms with van der Waals surface area (Å²) in [6.07, 6.45) is 4.48. The smallest absolute Gasteiger partial charge is 0.322 e. The molecule has 0 saturated heterocycles. The number of carbonyl (C=O) groups is 2. The molecule has 1 atom stereocenters. The fourth-order valence-corrected chi connectivity index (χ4v) is 3.90. The van der Waals surface area contributed by atoms with Crippen molar-refractivity contribution in [1.29, 1.82) is 0 Å². The second kappa shape index (κ2) is 8.33. The molecule has 0 heterocycles. The van der Waals surface area contributed by atoms with E-state index in [0.717, 1.165) is 32.1 Å². The number of methoxy groups -OCH3 is 1. The van der Waals surface area contributed by atoms with Crippen LogP contribution in [0.25, 0.3) is 0 Å². The third kappa shape index (κ3) is 6.43. The van der Waals surface area contributed by atoms with Gasteiger partial charge in [-0.3, -0.25) is 9.59 Å². The van der Waals surface area contributed by atoms with E-state index in [-0.39, 0.29) is 24.5 Å². The van der Waals surface area contributed by atoms with Crippen molar-refractivity contribution in [3.8, 4) is 0 Å². The van der Waals surface area contributed by atoms with Gasteiger partial charge in [0, 0.05) is 6.42 Å². The molecule has 0 aromatic rings. The van der Waals surface area contributed by atoms with Gasteiger partial charge >= 0.3 is 11.9 Å². The number of esters is 1. The Hall–Kier alpha value is -1.15. The van der Waals surface area contributed by atoms with Crippen molar-refractivity contribution >= 4 is 22.0 Å². The highest BCUT2D eigenvalue weighted by Gasteiger charge is 2.32. The number of rotatable bonds is 8. The minimum absolute atomic E-state index is 0.00141. The third-order valence-electron chi connectivity index (χ3n) is 3.72. The Morgan fingerprint density at radius 2 is 1.90 bits per heavy atom. The first-order chi connectivity index (χ1) is 9.85. The predicted molar refractivity (Wildman–Crippen MR) is 76.2 cm³/mol. The van der Waals surface area contributed by atoms with Crippen molar-refractivity contribution in [3.05, 3.63) is 0 Å². The average molecular weight is 321 g/mol. The van der Waals surface area contributed by atoms with Gasteiger partial charge in [0.1, 0.15) is 6.04 Å². The molecule has 21 heavy (non-hydrogen) atoms. The number of carboxylic acids is 1. The maximum absolute atomic E-state index is 11.9. The van der Waals surface area contributed by atoms with Gasteiger partial charge in [0.15, 0.2) is 0 Å². The molecule has 1 aliphatic carbocycles. The molecule has 0 bridgehead atoms. The van der Waals surface area contributed by atoms with Gasteiger partial charge in [0.2, 0.25) is 10.0 Å². The molecule has 1 fully saturated rings. The standard InChI is InChI=1S/C13H23NO6S/c1-20-11(15)8-5-9-21(18,19)14-12(13(16)17)10-6-3-2-4-7-10/h10,12,14H,2-9H2,1H3,(H,16,17). The lowest BCUT2D eigenvalue weighted by molar-refractivity contribution is -0.141. The second-order valence-corrected chi connectivity index (χ2v) is 7.20. The Balaban J connectivity index is 2.56. The summed E-state index contributed by atoms with van der Waals surface area (Å²) in [5.41, 5.74) is 0. The molecule has 1 unspecified atom stereocenters. The Morgan fingerprint density at radius 3 is 2.43 bits per heavy atom. The first-order valence-corrected chi connectivity index (χ1v) is 8.80. The summed E-state index contributed by atoms with van der Waals surface area (Å²) in [7, 11) is -2.48. The summed E-state index contributed by atoms with van der Waals surface area (Å²) >= 11 is 0. The van der Waals surface area contributed by atoms with E-state index >= 15 is 0 Å². The monoisotopic (exact) mass is 321 g/mol. The van der Waals surface area contributed by atoms with Crippen LogP contribution in [-0.2, 0) is 24.3 Å². The van der Waals surface area contributed by atoms with Gasteiger partial charge in [0.05, 0.1) is 12.9 Å². The zero-order valence-electron chi connectivity index (χ0n) is 12.2. The minimum atomic E-state index is -3.72. The van der Waals surface area contributed by atoms with Gasteiger partial charge in [-0.2, -0.15) is 0 Å². The zero-order valence-corrected chi connectivity index (χ0v) is 13.0. The SMILES string of the molecule is COC(=O)CCCS(=O)(=O)NC(C(=O)O)C1CCCCC1. The number of sulfonamides is 1. The van der Waals surface area contributed by atoms with Gasteiger partial charge < -0.3 is 9.84 Å². The lowest BCUT2D eigenvalue weighted by Gasteiger charge is -2.27. The quantitative estimate of drug-likeness (QED) is 0.643. The molecule has 0 radical (unpaired) electrons. The highest BCUT2D eigenvalue weighted by molar-refractivity contribution is 7.89. The van der Waals surface area contributed by atoms with Crippen molar-refractivity contribution < 1.29 is 27.9 Å². The highest BCUT2D eigenvalue weighted by atomic mass is 32.2. The van der Waals surface area contributed by atoms with Crippen LogP contribution in [0.15, 0.2) is 0 Å². The topological polar surface area (TPSA) is 110 Å². The highest BCUT2D eigenvalue weighted by Crippen LogP contribution is 2.27. The van der Waals surface area contributed by atoms with E-state index in [1.165, 1.54) is 7.11 Å². The summed E-state index contributed by atoms with van der Waals surface area (Å²) in [4.78, 5) is 22.2. The van der Waals surface area contributed by atoms with Crippen LogP contribution in [0.3, 0.4) is 0 Å². The van der Waals surface area contributed by atoms with Gasteiger partial charge in [-0.25, -0.2) is 13.1 Å². The number of carboxylic acid groups (broad SMARTS) is 1. The molecule has 0 aromatic heterocycles. The van der Waals surface area contributed by atoms with Crippen LogP contribution in [0.1, 0.15) is 44.9 Å². The normalized spacial score (nSPS) is 18.1. The number of nitrogens with one attached hydrogen (secondary N) is 1. The average Bonchev–Trinajstić information content (AvgIpc) is 2.45. The molecule has 7 nitrogen and oxygen atoms in total. The van der Waals surface area contributed by atoms with E-state index in [2.05, 4.69) is 9.46 Å². The lowest BCUT2D eigenvalue weighted by Crippen LogP contribution is -2.47. The van der Waals surface area contributed by atoms with Crippen LogP contribution in [0.2, 0.25) is 0 Å². The molecular formula is C13H23NO6S. The fraction of sp³-hybridized carbons (Fsp3) is 0.846. The maximum Gasteiger partial charge on any atom is 0.322 e. The van der Waals surface area contributed by atoms with Crippen molar-refractivity contribution in [3.63, 3.8) is 0 Å². The fourth-order valence-electron chi connectivity index (χ4n) is 2.58. The molecule has 0 spiro atoms. The molecule has 8 heteroatoms. The zero-order chi connectivity index (χ0) is 15.9. The van der Waals surface area contributed by atoms with Crippen LogP contribution < -0.4 is 4.72 Å². The van der Waals surface area contributed by atoms with E-state index in [4.69, 9.17) is 0 Å². The van der Waals surface area contributed by atoms with Crippen LogP contribution in [0.4, 0.5) is 0 Å². The molecule has 0 aromatic carbocycles. The van der Waals surface area contributed by atoms with Crippen molar-refractivity contribution in [1.82, 2.24) is 4.72 Å². The van der Waals surface area contributed by atoms with E-state index in [0.29, 0.717) is 0 Å². The Morgan fingerprint density at radius 1 is 1.29 bits per heavy atom. The molecule has 1 aliphatic rings. The Bertz CT molecular complexity index is 455. The van der Waals surface area contributed by atoms with Crippen LogP contribution >= 0.6 is 0 Å². The molecule has 1 saturated carbocycles. The van der Waals surface area contributed by atoms with E-state index in [1.807, 2.05) is 0 Å². The van der Waals surface area contributed by atoms with Crippen LogP contribution in [0.5, 0.6) is 0 Å². The lowest BCUT2D eigenvalue weighted by atomic mass is 9.84. The summed E-state index contributed by atoms with van der Waals surface area (Å²) < 4.78 is 30.6. The van der Waals surface area contributed by atoms with E-state index in [9.17, 15) is 23.1 Å². The summed E-state index contributed by atoms with van der Waals surface area (Å²) in [5, 5.41) is 9.24. The van der Waals surface area contributed by atoms with Crippen LogP contribution in [-0.4, -0.2) is 44.4 Å². The van der Waals surface area contributed by atoms with E-state index in [1.54, 1.807) is 0 Å². The van der Waals surface area contributed by atoms with E-state index < -0.39 is 28.0 Å². The molecule has 2 N–H and O–H groups in total. The summed E-state index contributed by atoms with van der Waals surface area (Å²) in [6, 6.07) is -1.08. The second-order valence-electron chi connectivity index (χ2n) is 5.33. The first kappa shape index (κ1) is 17.9. The molecule has 0 aliphatic heterocycles. The van der Waals surface area contributed by atoms with Crippen molar-refractivity contribution in [2.24, 2.45) is 5.92 Å². The number of hydrogen-bond donors (Lipinski definition) is 2. The number of aliphatic carboxylic acids is 1. The first-order valence-electron chi connectivity index (χ1n) is 7.15. The van der Waals surface area contributed by atoms with Gasteiger partial charge in [0.25, 0.3) is 0 Å². The minimum Gasteiger partial charge on any atom is -0.480 e. The Labute approximate surface area is 125 Å². The van der Waals surface area contributed by atoms with Crippen molar-refractivity contribution in [2.75, 3.05) is 12.9 Å². The molecule has 0 amide bonds. The number of carbonyl (C=O) groups excluding carboxylic acids is 1. The van der Waals surface area contributed by atoms with Crippen LogP contribution in [0, 0.1) is 5.92 Å². The molecular weight excluding hydrogens is 298 g/mol. The van der Waals surface area contributed by atoms with Gasteiger partial charge in [-0.05, 0) is 25.2 Å².